The second-order valence-electron chi connectivity index (χ2n) is 9.12. The lowest BCUT2D eigenvalue weighted by Crippen LogP contribution is -2.44. The van der Waals surface area contributed by atoms with Crippen LogP contribution in [-0.2, 0) is 34.2 Å². The number of carboxylic acids is 1. The lowest BCUT2D eigenvalue weighted by atomic mass is 9.99. The van der Waals surface area contributed by atoms with Crippen LogP contribution in [0.3, 0.4) is 0 Å². The first kappa shape index (κ1) is 27.1. The highest BCUT2D eigenvalue weighted by atomic mass is 16.5. The van der Waals surface area contributed by atoms with E-state index in [0.29, 0.717) is 38.3 Å². The largest absolute Gasteiger partial charge is 0.492 e. The molecule has 38 heavy (non-hydrogen) atoms. The fourth-order valence-electron chi connectivity index (χ4n) is 4.65. The van der Waals surface area contributed by atoms with Crippen molar-refractivity contribution < 1.29 is 24.2 Å². The number of aromatic nitrogens is 2. The number of Topliss-reactive ketones (excluding diaryl/α,β-unsaturated/α-hetero) is 1. The number of fused-ring (bicyclic) bond motifs is 1. The van der Waals surface area contributed by atoms with Gasteiger partial charge in [0.2, 0.25) is 0 Å². The predicted molar refractivity (Wildman–Crippen MR) is 144 cm³/mol. The maximum Gasteiger partial charge on any atom is 0.333 e. The van der Waals surface area contributed by atoms with Gasteiger partial charge < -0.3 is 19.5 Å². The molecule has 0 saturated carbocycles. The molecule has 2 aromatic carbocycles. The van der Waals surface area contributed by atoms with E-state index in [1.807, 2.05) is 61.3 Å². The van der Waals surface area contributed by atoms with E-state index >= 15 is 0 Å². The number of aliphatic carboxylic acids is 1. The number of aliphatic imine (C=N–C) groups is 1. The van der Waals surface area contributed by atoms with Crippen molar-refractivity contribution in [3.63, 3.8) is 0 Å². The van der Waals surface area contributed by atoms with Crippen molar-refractivity contribution in [2.75, 3.05) is 19.8 Å². The van der Waals surface area contributed by atoms with E-state index in [1.165, 1.54) is 0 Å². The Morgan fingerprint density at radius 2 is 1.79 bits per heavy atom. The van der Waals surface area contributed by atoms with Crippen LogP contribution in [0.1, 0.15) is 43.1 Å². The number of aryl methyl sites for hydroxylation is 1. The molecule has 0 aliphatic carbocycles. The molecule has 2 heterocycles. The fraction of sp³-hybridized carbons (Fsp3) is 0.379. The van der Waals surface area contributed by atoms with Crippen LogP contribution in [0.25, 0.3) is 0 Å². The molecule has 1 aromatic heterocycles. The molecule has 0 bridgehead atoms. The average Bonchev–Trinajstić information content (AvgIpc) is 3.29. The number of ketones is 1. The van der Waals surface area contributed by atoms with Gasteiger partial charge in [0, 0.05) is 32.9 Å². The Bertz CT molecular complexity index is 1270. The zero-order valence-electron chi connectivity index (χ0n) is 22.0. The molecule has 1 N–H and O–H groups in total. The minimum atomic E-state index is -0.977. The molecule has 0 fully saturated rings. The summed E-state index contributed by atoms with van der Waals surface area (Å²) in [6, 6.07) is 16.9. The normalized spacial score (nSPS) is 15.5. The van der Waals surface area contributed by atoms with Gasteiger partial charge in [-0.15, -0.1) is 0 Å². The highest BCUT2D eigenvalue weighted by molar-refractivity contribution is 5.96. The summed E-state index contributed by atoms with van der Waals surface area (Å²) >= 11 is 0. The topological polar surface area (TPSA) is 106 Å². The summed E-state index contributed by atoms with van der Waals surface area (Å²) in [4.78, 5) is 31.5. The van der Waals surface area contributed by atoms with Crippen molar-refractivity contribution in [3.8, 4) is 5.75 Å². The molecule has 200 valence electrons. The van der Waals surface area contributed by atoms with Crippen molar-refractivity contribution in [2.24, 2.45) is 12.0 Å². The molecule has 0 radical (unpaired) electrons. The summed E-state index contributed by atoms with van der Waals surface area (Å²) in [6.45, 7) is 4.78. The highest BCUT2D eigenvalue weighted by Crippen LogP contribution is 2.36. The number of carbonyl (C=O) groups excluding carboxylic acids is 1. The SMILES string of the molecule is CCOC(Cc1ccc(OCCN2C(Cc3ccccc3)=Nc3cnn(C)c3C2C(=O)CC)cc1)C(=O)O. The molecular formula is C29H34N4O5. The van der Waals surface area contributed by atoms with Gasteiger partial charge in [-0.2, -0.15) is 5.10 Å². The minimum absolute atomic E-state index is 0.0990. The van der Waals surface area contributed by atoms with Crippen molar-refractivity contribution in [3.05, 3.63) is 77.6 Å². The molecule has 3 aromatic rings. The molecule has 0 amide bonds. The summed E-state index contributed by atoms with van der Waals surface area (Å²) in [7, 11) is 1.84. The molecule has 9 heteroatoms. The summed E-state index contributed by atoms with van der Waals surface area (Å²) in [6.07, 6.45) is 2.10. The third-order valence-corrected chi connectivity index (χ3v) is 6.56. The molecule has 0 saturated heterocycles. The van der Waals surface area contributed by atoms with E-state index in [2.05, 4.69) is 17.2 Å². The molecule has 4 rings (SSSR count). The molecule has 0 spiro atoms. The number of benzene rings is 2. The van der Waals surface area contributed by atoms with Crippen molar-refractivity contribution in [1.82, 2.24) is 14.7 Å². The van der Waals surface area contributed by atoms with Crippen molar-refractivity contribution in [2.45, 2.75) is 45.3 Å². The Morgan fingerprint density at radius 1 is 1.05 bits per heavy atom. The zero-order chi connectivity index (χ0) is 27.1. The van der Waals surface area contributed by atoms with E-state index in [4.69, 9.17) is 14.5 Å². The third-order valence-electron chi connectivity index (χ3n) is 6.56. The maximum atomic E-state index is 13.2. The molecule has 2 unspecified atom stereocenters. The standard InChI is InChI=1S/C29H34N4O5/c1-4-24(34)28-27-23(19-30-32(27)3)31-26(18-20-9-7-6-8-10-20)33(28)15-16-38-22-13-11-21(12-14-22)17-25(29(35)36)37-5-2/h6-14,19,25,28H,4-5,15-18H2,1-3H3,(H,35,36). The van der Waals surface area contributed by atoms with E-state index in [9.17, 15) is 14.7 Å². The van der Waals surface area contributed by atoms with Gasteiger partial charge in [-0.25, -0.2) is 9.79 Å². The Kier molecular flexibility index (Phi) is 8.91. The van der Waals surface area contributed by atoms with Gasteiger partial charge in [0.05, 0.1) is 18.4 Å². The number of carboxylic acid groups (broad SMARTS) is 1. The summed E-state index contributed by atoms with van der Waals surface area (Å²) in [5.74, 6) is 0.588. The van der Waals surface area contributed by atoms with Gasteiger partial charge in [-0.3, -0.25) is 9.48 Å². The Morgan fingerprint density at radius 3 is 2.45 bits per heavy atom. The Balaban J connectivity index is 1.49. The van der Waals surface area contributed by atoms with Crippen LogP contribution in [0.15, 0.2) is 65.8 Å². The first-order valence-electron chi connectivity index (χ1n) is 12.9. The number of carbonyl (C=O) groups is 2. The minimum Gasteiger partial charge on any atom is -0.492 e. The summed E-state index contributed by atoms with van der Waals surface area (Å²) in [5.41, 5.74) is 3.48. The second-order valence-corrected chi connectivity index (χ2v) is 9.12. The van der Waals surface area contributed by atoms with Crippen LogP contribution in [0.5, 0.6) is 5.75 Å². The van der Waals surface area contributed by atoms with Crippen LogP contribution < -0.4 is 4.74 Å². The summed E-state index contributed by atoms with van der Waals surface area (Å²) < 4.78 is 13.1. The first-order valence-corrected chi connectivity index (χ1v) is 12.9. The third kappa shape index (κ3) is 6.28. The van der Waals surface area contributed by atoms with Gasteiger partial charge >= 0.3 is 5.97 Å². The van der Waals surface area contributed by atoms with Crippen LogP contribution >= 0.6 is 0 Å². The zero-order valence-corrected chi connectivity index (χ0v) is 22.0. The van der Waals surface area contributed by atoms with E-state index < -0.39 is 18.1 Å². The highest BCUT2D eigenvalue weighted by Gasteiger charge is 2.36. The van der Waals surface area contributed by atoms with Gasteiger partial charge in [-0.05, 0) is 30.2 Å². The number of nitrogens with zero attached hydrogens (tertiary/aromatic N) is 4. The molecule has 1 aliphatic heterocycles. The number of amidine groups is 1. The molecular weight excluding hydrogens is 484 g/mol. The van der Waals surface area contributed by atoms with Gasteiger partial charge in [0.15, 0.2) is 11.9 Å². The van der Waals surface area contributed by atoms with Crippen molar-refractivity contribution >= 4 is 23.3 Å². The molecule has 9 nitrogen and oxygen atoms in total. The quantitative estimate of drug-likeness (QED) is 0.362. The summed E-state index contributed by atoms with van der Waals surface area (Å²) in [5, 5.41) is 13.7. The molecule has 1 aliphatic rings. The van der Waals surface area contributed by atoms with Gasteiger partial charge in [0.1, 0.15) is 29.9 Å². The smallest absolute Gasteiger partial charge is 0.333 e. The van der Waals surface area contributed by atoms with Crippen LogP contribution in [0, 0.1) is 0 Å². The predicted octanol–water partition coefficient (Wildman–Crippen LogP) is 4.14. The average molecular weight is 519 g/mol. The van der Waals surface area contributed by atoms with Crippen LogP contribution in [-0.4, -0.2) is 63.2 Å². The number of hydrogen-bond acceptors (Lipinski definition) is 7. The van der Waals surface area contributed by atoms with Gasteiger partial charge in [-0.1, -0.05) is 49.4 Å². The number of hydrogen-bond donors (Lipinski definition) is 1. The maximum absolute atomic E-state index is 13.2. The van der Waals surface area contributed by atoms with Crippen molar-refractivity contribution in [1.29, 1.82) is 0 Å². The monoisotopic (exact) mass is 518 g/mol. The lowest BCUT2D eigenvalue weighted by Gasteiger charge is -2.36. The van der Waals surface area contributed by atoms with E-state index in [0.717, 1.165) is 28.3 Å². The fourth-order valence-corrected chi connectivity index (χ4v) is 4.65. The van der Waals surface area contributed by atoms with Crippen LogP contribution in [0.2, 0.25) is 0 Å². The van der Waals surface area contributed by atoms with E-state index in [-0.39, 0.29) is 12.2 Å². The Hall–Kier alpha value is -3.98. The number of ether oxygens (including phenoxy) is 2. The van der Waals surface area contributed by atoms with E-state index in [1.54, 1.807) is 17.8 Å². The lowest BCUT2D eigenvalue weighted by molar-refractivity contribution is -0.149. The van der Waals surface area contributed by atoms with Gasteiger partial charge in [0.25, 0.3) is 0 Å². The second kappa shape index (κ2) is 12.5. The number of rotatable bonds is 13. The first-order chi connectivity index (χ1) is 18.4. The van der Waals surface area contributed by atoms with Crippen LogP contribution in [0.4, 0.5) is 5.69 Å². The molecule has 2 atom stereocenters. The Labute approximate surface area is 222 Å².